The second-order valence-electron chi connectivity index (χ2n) is 3.45. The fraction of sp³-hybridized carbons (Fsp3) is 0.500. The molecule has 0 radical (unpaired) electrons. The van der Waals surface area contributed by atoms with Gasteiger partial charge in [0.2, 0.25) is 0 Å². The molecule has 3 N–H and O–H groups in total. The lowest BCUT2D eigenvalue weighted by atomic mass is 10.3. The van der Waals surface area contributed by atoms with Crippen LogP contribution in [0.4, 0.5) is 0 Å². The van der Waals surface area contributed by atoms with Crippen LogP contribution in [0.2, 0.25) is 0 Å². The van der Waals surface area contributed by atoms with Crippen molar-refractivity contribution in [3.05, 3.63) is 17.7 Å². The molecule has 0 aliphatic carbocycles. The average molecular weight is 253 g/mol. The third-order valence-electron chi connectivity index (χ3n) is 2.37. The van der Waals surface area contributed by atoms with E-state index in [9.17, 15) is 0 Å². The Balaban J connectivity index is 2.93. The summed E-state index contributed by atoms with van der Waals surface area (Å²) in [5.74, 6) is 1.35. The number of imidazole rings is 1. The molecule has 0 amide bonds. The van der Waals surface area contributed by atoms with E-state index in [1.54, 1.807) is 13.4 Å². The Hall–Kier alpha value is -1.68. The number of thiol groups is 1. The van der Waals surface area contributed by atoms with E-state index in [-0.39, 0.29) is 0 Å². The van der Waals surface area contributed by atoms with E-state index in [0.717, 1.165) is 17.9 Å². The van der Waals surface area contributed by atoms with Gasteiger partial charge in [-0.05, 0) is 6.92 Å². The fourth-order valence-electron chi connectivity index (χ4n) is 1.47. The molecule has 0 saturated carbocycles. The molecule has 6 nitrogen and oxygen atoms in total. The number of hydrogen-bond acceptors (Lipinski definition) is 3. The maximum Gasteiger partial charge on any atom is 0.360 e. The molecule has 0 spiro atoms. The molecule has 17 heavy (non-hydrogen) atoms. The Morgan fingerprint density at radius 2 is 2.47 bits per heavy atom. The second-order valence-corrected chi connectivity index (χ2v) is 3.90. The van der Waals surface area contributed by atoms with Crippen LogP contribution in [-0.2, 0) is 6.54 Å². The summed E-state index contributed by atoms with van der Waals surface area (Å²) in [5, 5.41) is 14.2. The fourth-order valence-corrected chi connectivity index (χ4v) is 1.71. The quantitative estimate of drug-likeness (QED) is 0.150. The number of rotatable bonds is 4. The van der Waals surface area contributed by atoms with E-state index >= 15 is 0 Å². The van der Waals surface area contributed by atoms with Crippen LogP contribution >= 0.6 is 12.6 Å². The zero-order valence-corrected chi connectivity index (χ0v) is 10.9. The number of guanidine groups is 1. The van der Waals surface area contributed by atoms with Gasteiger partial charge in [0.15, 0.2) is 0 Å². The summed E-state index contributed by atoms with van der Waals surface area (Å²) in [6.45, 7) is 3.32. The lowest BCUT2D eigenvalue weighted by molar-refractivity contribution is -0.543. The molecular formula is C10H17N6S+. The zero-order valence-electron chi connectivity index (χ0n) is 9.99. The van der Waals surface area contributed by atoms with Crippen molar-refractivity contribution >= 4 is 18.6 Å². The highest BCUT2D eigenvalue weighted by Crippen LogP contribution is 2.02. The molecule has 1 aromatic rings. The molecule has 0 aliphatic rings. The van der Waals surface area contributed by atoms with Gasteiger partial charge in [0, 0.05) is 11.4 Å². The van der Waals surface area contributed by atoms with Crippen molar-refractivity contribution in [2.75, 3.05) is 19.3 Å². The van der Waals surface area contributed by atoms with Crippen LogP contribution in [0.15, 0.2) is 6.33 Å². The highest BCUT2D eigenvalue weighted by atomic mass is 32.1. The SMILES string of the molecule is CNC(NC#N)=[N+](CCS)Cc1nc[nH]c1C. The van der Waals surface area contributed by atoms with Gasteiger partial charge in [0.05, 0.1) is 25.6 Å². The second kappa shape index (κ2) is 6.81. The topological polar surface area (TPSA) is 79.5 Å². The lowest BCUT2D eigenvalue weighted by Gasteiger charge is -2.09. The van der Waals surface area contributed by atoms with Crippen molar-refractivity contribution in [3.63, 3.8) is 0 Å². The lowest BCUT2D eigenvalue weighted by Crippen LogP contribution is -2.41. The number of nitriles is 1. The summed E-state index contributed by atoms with van der Waals surface area (Å²) in [4.78, 5) is 7.27. The maximum atomic E-state index is 8.68. The number of nitrogens with zero attached hydrogens (tertiary/aromatic N) is 3. The Labute approximate surface area is 106 Å². The predicted octanol–water partition coefficient (Wildman–Crippen LogP) is -0.193. The van der Waals surface area contributed by atoms with Crippen molar-refractivity contribution in [1.82, 2.24) is 20.6 Å². The number of hydrogen-bond donors (Lipinski definition) is 4. The van der Waals surface area contributed by atoms with Crippen LogP contribution in [0.25, 0.3) is 0 Å². The molecule has 0 aromatic carbocycles. The van der Waals surface area contributed by atoms with Gasteiger partial charge in [-0.1, -0.05) is 0 Å². The number of aromatic nitrogens is 2. The van der Waals surface area contributed by atoms with Crippen LogP contribution < -0.4 is 10.6 Å². The van der Waals surface area contributed by atoms with E-state index in [4.69, 9.17) is 5.26 Å². The van der Waals surface area contributed by atoms with E-state index in [1.807, 2.05) is 17.7 Å². The van der Waals surface area contributed by atoms with Crippen LogP contribution in [0, 0.1) is 18.4 Å². The third kappa shape index (κ3) is 3.67. The largest absolute Gasteiger partial charge is 0.360 e. The monoisotopic (exact) mass is 253 g/mol. The van der Waals surface area contributed by atoms with Crippen LogP contribution in [0.5, 0.6) is 0 Å². The molecule has 0 fully saturated rings. The first-order chi connectivity index (χ1) is 8.22. The van der Waals surface area contributed by atoms with Crippen molar-refractivity contribution in [2.24, 2.45) is 0 Å². The highest BCUT2D eigenvalue weighted by Gasteiger charge is 2.13. The van der Waals surface area contributed by atoms with E-state index < -0.39 is 0 Å². The van der Waals surface area contributed by atoms with Crippen molar-refractivity contribution in [1.29, 1.82) is 5.26 Å². The minimum atomic E-state index is 0.626. The Kier molecular flexibility index (Phi) is 5.36. The summed E-state index contributed by atoms with van der Waals surface area (Å²) >= 11 is 4.22. The molecule has 92 valence electrons. The van der Waals surface area contributed by atoms with Gasteiger partial charge in [-0.3, -0.25) is 9.89 Å². The summed E-state index contributed by atoms with van der Waals surface area (Å²) in [6.07, 6.45) is 3.57. The van der Waals surface area contributed by atoms with Gasteiger partial charge in [0.25, 0.3) is 6.19 Å². The Morgan fingerprint density at radius 3 is 2.94 bits per heavy atom. The first-order valence-corrected chi connectivity index (χ1v) is 5.90. The standard InChI is InChI=1S/C10H16N6S/c1-8-9(15-7-14-8)5-16(3-4-17)10(12-2)13-6-11/h7H,3-5H2,1-2H3,(H3,12,13,14,15,17)/p+1. The van der Waals surface area contributed by atoms with Gasteiger partial charge in [-0.15, -0.1) is 0 Å². The summed E-state index contributed by atoms with van der Waals surface area (Å²) in [7, 11) is 1.77. The van der Waals surface area contributed by atoms with Gasteiger partial charge in [0.1, 0.15) is 6.54 Å². The van der Waals surface area contributed by atoms with Crippen LogP contribution in [-0.4, -0.2) is 39.8 Å². The molecular weight excluding hydrogens is 236 g/mol. The highest BCUT2D eigenvalue weighted by molar-refractivity contribution is 7.80. The summed E-state index contributed by atoms with van der Waals surface area (Å²) in [6, 6.07) is 0. The molecule has 1 aromatic heterocycles. The summed E-state index contributed by atoms with van der Waals surface area (Å²) in [5.41, 5.74) is 1.99. The molecule has 0 saturated heterocycles. The first kappa shape index (κ1) is 13.4. The van der Waals surface area contributed by atoms with Gasteiger partial charge >= 0.3 is 5.96 Å². The molecule has 1 heterocycles. The van der Waals surface area contributed by atoms with E-state index in [1.165, 1.54) is 0 Å². The number of nitrogens with one attached hydrogen (secondary N) is 3. The molecule has 1 rings (SSSR count). The Bertz CT molecular complexity index is 430. The smallest absolute Gasteiger partial charge is 0.348 e. The van der Waals surface area contributed by atoms with E-state index in [2.05, 4.69) is 33.2 Å². The third-order valence-corrected chi connectivity index (χ3v) is 2.57. The van der Waals surface area contributed by atoms with Crippen LogP contribution in [0.1, 0.15) is 11.4 Å². The van der Waals surface area contributed by atoms with Gasteiger partial charge in [-0.2, -0.15) is 23.2 Å². The van der Waals surface area contributed by atoms with Crippen LogP contribution in [0.3, 0.4) is 0 Å². The van der Waals surface area contributed by atoms with Gasteiger partial charge < -0.3 is 4.98 Å². The molecule has 0 aliphatic heterocycles. The van der Waals surface area contributed by atoms with E-state index in [0.29, 0.717) is 18.3 Å². The predicted molar refractivity (Wildman–Crippen MR) is 68.8 cm³/mol. The molecule has 0 atom stereocenters. The minimum Gasteiger partial charge on any atom is -0.348 e. The summed E-state index contributed by atoms with van der Waals surface area (Å²) < 4.78 is 1.99. The number of aryl methyl sites for hydroxylation is 1. The zero-order chi connectivity index (χ0) is 12.7. The number of aromatic amines is 1. The number of H-pyrrole nitrogens is 1. The molecule has 0 unspecified atom stereocenters. The van der Waals surface area contributed by atoms with Crippen molar-refractivity contribution < 1.29 is 4.58 Å². The minimum absolute atomic E-state index is 0.626. The first-order valence-electron chi connectivity index (χ1n) is 5.27. The van der Waals surface area contributed by atoms with Crippen molar-refractivity contribution in [2.45, 2.75) is 13.5 Å². The molecule has 0 bridgehead atoms. The maximum absolute atomic E-state index is 8.68. The van der Waals surface area contributed by atoms with Crippen molar-refractivity contribution in [3.8, 4) is 6.19 Å². The van der Waals surface area contributed by atoms with Gasteiger partial charge in [-0.25, -0.2) is 4.98 Å². The molecule has 7 heteroatoms. The normalized spacial score (nSPS) is 11.6. The average Bonchev–Trinajstić information content (AvgIpc) is 2.71. The Morgan fingerprint density at radius 1 is 1.71 bits per heavy atom.